The normalized spacial score (nSPS) is 10.1. The van der Waals surface area contributed by atoms with Crippen molar-refractivity contribution >= 4 is 11.6 Å². The highest BCUT2D eigenvalue weighted by molar-refractivity contribution is 6.32. The molecule has 0 unspecified atom stereocenters. The smallest absolute Gasteiger partial charge is 0.138 e. The molecule has 13 heavy (non-hydrogen) atoms. The van der Waals surface area contributed by atoms with Crippen molar-refractivity contribution in [3.05, 3.63) is 22.7 Å². The summed E-state index contributed by atoms with van der Waals surface area (Å²) in [4.78, 5) is 0. The van der Waals surface area contributed by atoms with Crippen molar-refractivity contribution in [2.24, 2.45) is 5.73 Å². The van der Waals surface area contributed by atoms with Crippen LogP contribution in [0, 0.1) is 0 Å². The van der Waals surface area contributed by atoms with Crippen LogP contribution in [-0.2, 0) is 6.54 Å². The van der Waals surface area contributed by atoms with E-state index in [-0.39, 0.29) is 17.3 Å². The number of halogens is 1. The van der Waals surface area contributed by atoms with E-state index in [9.17, 15) is 5.11 Å². The second kappa shape index (κ2) is 4.35. The van der Waals surface area contributed by atoms with Crippen LogP contribution in [0.4, 0.5) is 0 Å². The third-order valence-corrected chi connectivity index (χ3v) is 1.93. The van der Waals surface area contributed by atoms with E-state index in [2.05, 4.69) is 0 Å². The highest BCUT2D eigenvalue weighted by atomic mass is 35.5. The van der Waals surface area contributed by atoms with Gasteiger partial charge in [-0.1, -0.05) is 11.6 Å². The van der Waals surface area contributed by atoms with Crippen LogP contribution >= 0.6 is 11.6 Å². The van der Waals surface area contributed by atoms with E-state index < -0.39 is 0 Å². The Morgan fingerprint density at radius 3 is 2.77 bits per heavy atom. The molecule has 1 aromatic rings. The Kier molecular flexibility index (Phi) is 3.39. The zero-order valence-electron chi connectivity index (χ0n) is 7.38. The van der Waals surface area contributed by atoms with Crippen molar-refractivity contribution < 1.29 is 9.84 Å². The van der Waals surface area contributed by atoms with Crippen LogP contribution in [0.5, 0.6) is 11.5 Å². The topological polar surface area (TPSA) is 55.5 Å². The molecule has 0 radical (unpaired) electrons. The van der Waals surface area contributed by atoms with E-state index in [0.29, 0.717) is 17.9 Å². The average Bonchev–Trinajstić information content (AvgIpc) is 2.11. The lowest BCUT2D eigenvalue weighted by Gasteiger charge is -2.08. The molecule has 0 amide bonds. The molecule has 3 nitrogen and oxygen atoms in total. The Balaban J connectivity index is 3.06. The van der Waals surface area contributed by atoms with Crippen LogP contribution in [0.2, 0.25) is 5.02 Å². The maximum Gasteiger partial charge on any atom is 0.138 e. The van der Waals surface area contributed by atoms with E-state index >= 15 is 0 Å². The quantitative estimate of drug-likeness (QED) is 0.786. The van der Waals surface area contributed by atoms with Crippen molar-refractivity contribution in [1.82, 2.24) is 0 Å². The third kappa shape index (κ3) is 2.26. The first-order chi connectivity index (χ1) is 6.19. The van der Waals surface area contributed by atoms with Gasteiger partial charge in [-0.15, -0.1) is 0 Å². The van der Waals surface area contributed by atoms with Crippen LogP contribution in [0.15, 0.2) is 12.1 Å². The first-order valence-corrected chi connectivity index (χ1v) is 4.41. The summed E-state index contributed by atoms with van der Waals surface area (Å²) in [6, 6.07) is 3.25. The zero-order valence-corrected chi connectivity index (χ0v) is 8.14. The fourth-order valence-electron chi connectivity index (χ4n) is 1.03. The van der Waals surface area contributed by atoms with Gasteiger partial charge in [-0.25, -0.2) is 0 Å². The summed E-state index contributed by atoms with van der Waals surface area (Å²) in [5.74, 6) is 0.665. The molecule has 0 aliphatic rings. The molecular weight excluding hydrogens is 190 g/mol. The lowest BCUT2D eigenvalue weighted by atomic mass is 10.2. The van der Waals surface area contributed by atoms with E-state index in [1.54, 1.807) is 12.1 Å². The minimum absolute atomic E-state index is 0.0348. The van der Waals surface area contributed by atoms with E-state index in [0.717, 1.165) is 0 Å². The predicted octanol–water partition coefficient (Wildman–Crippen LogP) is 1.90. The molecular formula is C9H12ClNO2. The standard InChI is InChI=1S/C9H12ClNO2/c1-2-13-7-3-6(5-11)9(12)8(10)4-7/h3-4,12H,2,5,11H2,1H3. The number of nitrogens with two attached hydrogens (primary N) is 1. The summed E-state index contributed by atoms with van der Waals surface area (Å²) in [5.41, 5.74) is 6.00. The van der Waals surface area contributed by atoms with Crippen molar-refractivity contribution in [2.75, 3.05) is 6.61 Å². The maximum absolute atomic E-state index is 9.42. The molecule has 0 aromatic heterocycles. The SMILES string of the molecule is CCOc1cc(Cl)c(O)c(CN)c1. The van der Waals surface area contributed by atoms with Gasteiger partial charge in [0.1, 0.15) is 11.5 Å². The molecule has 1 rings (SSSR count). The summed E-state index contributed by atoms with van der Waals surface area (Å²) in [7, 11) is 0. The van der Waals surface area contributed by atoms with Crippen molar-refractivity contribution in [1.29, 1.82) is 0 Å². The Morgan fingerprint density at radius 1 is 1.54 bits per heavy atom. The second-order valence-electron chi connectivity index (χ2n) is 2.55. The molecule has 1 aromatic carbocycles. The highest BCUT2D eigenvalue weighted by Gasteiger charge is 2.07. The highest BCUT2D eigenvalue weighted by Crippen LogP contribution is 2.31. The molecule has 3 N–H and O–H groups in total. The van der Waals surface area contributed by atoms with Gasteiger partial charge in [0, 0.05) is 18.2 Å². The molecule has 0 bridgehead atoms. The number of phenols is 1. The third-order valence-electron chi connectivity index (χ3n) is 1.65. The average molecular weight is 202 g/mol. The van der Waals surface area contributed by atoms with Gasteiger partial charge in [0.05, 0.1) is 11.6 Å². The van der Waals surface area contributed by atoms with Crippen molar-refractivity contribution in [2.45, 2.75) is 13.5 Å². The van der Waals surface area contributed by atoms with E-state index in [4.69, 9.17) is 22.1 Å². The maximum atomic E-state index is 9.42. The van der Waals surface area contributed by atoms with Gasteiger partial charge in [-0.3, -0.25) is 0 Å². The van der Waals surface area contributed by atoms with Crippen molar-refractivity contribution in [3.8, 4) is 11.5 Å². The van der Waals surface area contributed by atoms with Gasteiger partial charge in [0.2, 0.25) is 0 Å². The summed E-state index contributed by atoms with van der Waals surface area (Å²) < 4.78 is 5.23. The van der Waals surface area contributed by atoms with Gasteiger partial charge < -0.3 is 15.6 Å². The van der Waals surface area contributed by atoms with E-state index in [1.165, 1.54) is 0 Å². The Bertz CT molecular complexity index is 302. The van der Waals surface area contributed by atoms with Crippen LogP contribution in [0.25, 0.3) is 0 Å². The van der Waals surface area contributed by atoms with Gasteiger partial charge in [-0.2, -0.15) is 0 Å². The summed E-state index contributed by atoms with van der Waals surface area (Å²) >= 11 is 5.75. The van der Waals surface area contributed by atoms with Crippen LogP contribution in [0.1, 0.15) is 12.5 Å². The summed E-state index contributed by atoms with van der Waals surface area (Å²) in [6.07, 6.45) is 0. The number of ether oxygens (including phenoxy) is 1. The summed E-state index contributed by atoms with van der Waals surface area (Å²) in [5, 5.41) is 9.69. The number of rotatable bonds is 3. The largest absolute Gasteiger partial charge is 0.506 e. The molecule has 4 heteroatoms. The van der Waals surface area contributed by atoms with Crippen LogP contribution < -0.4 is 10.5 Å². The molecule has 0 aliphatic heterocycles. The van der Waals surface area contributed by atoms with Gasteiger partial charge in [-0.05, 0) is 13.0 Å². The number of hydrogen-bond acceptors (Lipinski definition) is 3. The van der Waals surface area contributed by atoms with Gasteiger partial charge >= 0.3 is 0 Å². The number of aromatic hydroxyl groups is 1. The van der Waals surface area contributed by atoms with E-state index in [1.807, 2.05) is 6.92 Å². The molecule has 0 atom stereocenters. The first-order valence-electron chi connectivity index (χ1n) is 4.03. The minimum atomic E-state index is 0.0348. The van der Waals surface area contributed by atoms with Gasteiger partial charge in [0.15, 0.2) is 0 Å². The molecule has 0 saturated heterocycles. The molecule has 0 fully saturated rings. The lowest BCUT2D eigenvalue weighted by molar-refractivity contribution is 0.339. The fraction of sp³-hybridized carbons (Fsp3) is 0.333. The monoisotopic (exact) mass is 201 g/mol. The number of phenolic OH excluding ortho intramolecular Hbond substituents is 1. The van der Waals surface area contributed by atoms with Crippen LogP contribution in [-0.4, -0.2) is 11.7 Å². The first kappa shape index (κ1) is 10.2. The predicted molar refractivity (Wildman–Crippen MR) is 52.2 cm³/mol. The molecule has 72 valence electrons. The fourth-order valence-corrected chi connectivity index (χ4v) is 1.26. The Morgan fingerprint density at radius 2 is 2.23 bits per heavy atom. The van der Waals surface area contributed by atoms with Crippen molar-refractivity contribution in [3.63, 3.8) is 0 Å². The number of hydrogen-bond donors (Lipinski definition) is 2. The number of benzene rings is 1. The zero-order chi connectivity index (χ0) is 9.84. The molecule has 0 aliphatic carbocycles. The summed E-state index contributed by atoms with van der Waals surface area (Å²) in [6.45, 7) is 2.68. The van der Waals surface area contributed by atoms with Crippen LogP contribution in [0.3, 0.4) is 0 Å². The minimum Gasteiger partial charge on any atom is -0.506 e. The lowest BCUT2D eigenvalue weighted by Crippen LogP contribution is -1.99. The molecule has 0 saturated carbocycles. The molecule has 0 spiro atoms. The second-order valence-corrected chi connectivity index (χ2v) is 2.96. The Labute approximate surface area is 82.1 Å². The molecule has 0 heterocycles. The van der Waals surface area contributed by atoms with Gasteiger partial charge in [0.25, 0.3) is 0 Å². The Hall–Kier alpha value is -0.930.